The van der Waals surface area contributed by atoms with E-state index in [0.29, 0.717) is 35.8 Å². The summed E-state index contributed by atoms with van der Waals surface area (Å²) in [6, 6.07) is 9.14. The van der Waals surface area contributed by atoms with Crippen molar-refractivity contribution in [2.45, 2.75) is 36.6 Å². The number of carbonyl (C=O) groups is 1. The van der Waals surface area contributed by atoms with Gasteiger partial charge in [0.15, 0.2) is 0 Å². The number of carbonyl (C=O) groups excluding carboxylic acids is 1. The van der Waals surface area contributed by atoms with Gasteiger partial charge in [-0.25, -0.2) is 12.8 Å². The van der Waals surface area contributed by atoms with Crippen molar-refractivity contribution in [1.29, 1.82) is 0 Å². The molecule has 2 aromatic rings. The highest BCUT2D eigenvalue weighted by atomic mass is 35.5. The summed E-state index contributed by atoms with van der Waals surface area (Å²) in [6.07, 6.45) is 2.15. The van der Waals surface area contributed by atoms with Crippen molar-refractivity contribution < 1.29 is 22.3 Å². The molecule has 1 aliphatic heterocycles. The molecule has 3 rings (SSSR count). The van der Waals surface area contributed by atoms with Gasteiger partial charge in [-0.1, -0.05) is 18.0 Å². The standard InChI is InChI=1S/C20H22ClFN2O4S/c1-28-19-10-7-15(12-18(19)21)23-20(25)13-16-4-2-3-11-24(16)29(26,27)17-8-5-14(22)6-9-17/h5-10,12,16H,2-4,11,13H2,1H3,(H,23,25)/t16-/m0/s1. The van der Waals surface area contributed by atoms with Crippen LogP contribution in [0.4, 0.5) is 10.1 Å². The molecule has 0 aliphatic carbocycles. The van der Waals surface area contributed by atoms with Crippen molar-refractivity contribution >= 4 is 33.2 Å². The van der Waals surface area contributed by atoms with Crippen LogP contribution in [0, 0.1) is 5.82 Å². The maximum Gasteiger partial charge on any atom is 0.243 e. The third kappa shape index (κ3) is 5.07. The van der Waals surface area contributed by atoms with Crippen molar-refractivity contribution in [1.82, 2.24) is 4.31 Å². The molecule has 0 saturated carbocycles. The van der Waals surface area contributed by atoms with Crippen molar-refractivity contribution in [2.24, 2.45) is 0 Å². The zero-order valence-electron chi connectivity index (χ0n) is 15.9. The first-order chi connectivity index (χ1) is 13.8. The van der Waals surface area contributed by atoms with Crippen LogP contribution >= 0.6 is 11.6 Å². The Labute approximate surface area is 174 Å². The Bertz CT molecular complexity index is 982. The fraction of sp³-hybridized carbons (Fsp3) is 0.350. The fourth-order valence-corrected chi connectivity index (χ4v) is 5.36. The minimum Gasteiger partial charge on any atom is -0.495 e. The Morgan fingerprint density at radius 3 is 2.62 bits per heavy atom. The predicted octanol–water partition coefficient (Wildman–Crippen LogP) is 4.06. The van der Waals surface area contributed by atoms with Crippen LogP contribution in [0.2, 0.25) is 5.02 Å². The molecular weight excluding hydrogens is 419 g/mol. The number of nitrogens with one attached hydrogen (secondary N) is 1. The van der Waals surface area contributed by atoms with Crippen LogP contribution in [-0.4, -0.2) is 38.3 Å². The number of sulfonamides is 1. The summed E-state index contributed by atoms with van der Waals surface area (Å²) in [5.74, 6) is -0.317. The van der Waals surface area contributed by atoms with Crippen LogP contribution in [-0.2, 0) is 14.8 Å². The van der Waals surface area contributed by atoms with Gasteiger partial charge in [-0.05, 0) is 55.3 Å². The highest BCUT2D eigenvalue weighted by Crippen LogP contribution is 2.29. The van der Waals surface area contributed by atoms with Gasteiger partial charge in [0, 0.05) is 24.7 Å². The molecule has 2 aromatic carbocycles. The fourth-order valence-electron chi connectivity index (χ4n) is 3.41. The highest BCUT2D eigenvalue weighted by molar-refractivity contribution is 7.89. The monoisotopic (exact) mass is 440 g/mol. The number of benzene rings is 2. The minimum atomic E-state index is -3.81. The van der Waals surface area contributed by atoms with Crippen molar-refractivity contribution in [3.63, 3.8) is 0 Å². The van der Waals surface area contributed by atoms with Crippen molar-refractivity contribution in [2.75, 3.05) is 19.0 Å². The van der Waals surface area contributed by atoms with E-state index in [1.807, 2.05) is 0 Å². The zero-order chi connectivity index (χ0) is 21.0. The molecule has 156 valence electrons. The van der Waals surface area contributed by atoms with E-state index in [0.717, 1.165) is 18.6 Å². The number of hydrogen-bond acceptors (Lipinski definition) is 4. The number of amides is 1. The van der Waals surface area contributed by atoms with E-state index in [9.17, 15) is 17.6 Å². The van der Waals surface area contributed by atoms with E-state index in [1.165, 1.54) is 23.5 Å². The minimum absolute atomic E-state index is 0.0179. The lowest BCUT2D eigenvalue weighted by molar-refractivity contribution is -0.117. The lowest BCUT2D eigenvalue weighted by atomic mass is 10.0. The van der Waals surface area contributed by atoms with E-state index >= 15 is 0 Å². The van der Waals surface area contributed by atoms with Crippen LogP contribution in [0.15, 0.2) is 47.4 Å². The summed E-state index contributed by atoms with van der Waals surface area (Å²) < 4.78 is 45.6. The van der Waals surface area contributed by atoms with E-state index in [2.05, 4.69) is 5.32 Å². The van der Waals surface area contributed by atoms with Crippen LogP contribution in [0.3, 0.4) is 0 Å². The molecule has 1 heterocycles. The number of anilines is 1. The summed E-state index contributed by atoms with van der Waals surface area (Å²) in [5, 5.41) is 3.11. The quantitative estimate of drug-likeness (QED) is 0.735. The third-order valence-electron chi connectivity index (χ3n) is 4.85. The average Bonchev–Trinajstić information content (AvgIpc) is 2.68. The van der Waals surface area contributed by atoms with Crippen LogP contribution in [0.5, 0.6) is 5.75 Å². The van der Waals surface area contributed by atoms with Gasteiger partial charge in [0.05, 0.1) is 17.0 Å². The number of nitrogens with zero attached hydrogens (tertiary/aromatic N) is 1. The largest absolute Gasteiger partial charge is 0.495 e. The van der Waals surface area contributed by atoms with Gasteiger partial charge in [0.25, 0.3) is 0 Å². The van der Waals surface area contributed by atoms with Gasteiger partial charge in [-0.3, -0.25) is 4.79 Å². The molecule has 1 aliphatic rings. The second kappa shape index (κ2) is 9.11. The number of halogens is 2. The first-order valence-corrected chi connectivity index (χ1v) is 11.0. The molecule has 1 atom stereocenters. The molecule has 1 N–H and O–H groups in total. The number of ether oxygens (including phenoxy) is 1. The molecule has 6 nitrogen and oxygen atoms in total. The lowest BCUT2D eigenvalue weighted by Crippen LogP contribution is -2.45. The number of hydrogen-bond donors (Lipinski definition) is 1. The molecule has 0 unspecified atom stereocenters. The maximum atomic E-state index is 13.2. The zero-order valence-corrected chi connectivity index (χ0v) is 17.5. The normalized spacial score (nSPS) is 17.7. The van der Waals surface area contributed by atoms with Gasteiger partial charge in [-0.2, -0.15) is 4.31 Å². The molecule has 1 fully saturated rings. The second-order valence-electron chi connectivity index (χ2n) is 6.82. The molecule has 0 aromatic heterocycles. The summed E-state index contributed by atoms with van der Waals surface area (Å²) in [6.45, 7) is 0.325. The molecular formula is C20H22ClFN2O4S. The first kappa shape index (κ1) is 21.5. The molecule has 0 bridgehead atoms. The van der Waals surface area contributed by atoms with E-state index in [-0.39, 0.29) is 17.2 Å². The Kier molecular flexibility index (Phi) is 6.77. The van der Waals surface area contributed by atoms with E-state index in [1.54, 1.807) is 18.2 Å². The first-order valence-electron chi connectivity index (χ1n) is 9.22. The van der Waals surface area contributed by atoms with Gasteiger partial charge in [0.1, 0.15) is 11.6 Å². The Balaban J connectivity index is 1.73. The summed E-state index contributed by atoms with van der Waals surface area (Å²) >= 11 is 6.08. The van der Waals surface area contributed by atoms with Crippen molar-refractivity contribution in [3.05, 3.63) is 53.3 Å². The number of piperidine rings is 1. The average molecular weight is 441 g/mol. The van der Waals surface area contributed by atoms with Gasteiger partial charge >= 0.3 is 0 Å². The Morgan fingerprint density at radius 1 is 1.24 bits per heavy atom. The maximum absolute atomic E-state index is 13.2. The molecule has 0 radical (unpaired) electrons. The van der Waals surface area contributed by atoms with Gasteiger partial charge in [0.2, 0.25) is 15.9 Å². The molecule has 29 heavy (non-hydrogen) atoms. The smallest absolute Gasteiger partial charge is 0.243 e. The number of methoxy groups -OCH3 is 1. The van der Waals surface area contributed by atoms with Crippen LogP contribution in [0.25, 0.3) is 0 Å². The van der Waals surface area contributed by atoms with Crippen LogP contribution < -0.4 is 10.1 Å². The molecule has 0 spiro atoms. The number of rotatable bonds is 6. The third-order valence-corrected chi connectivity index (χ3v) is 7.11. The van der Waals surface area contributed by atoms with Gasteiger partial charge < -0.3 is 10.1 Å². The topological polar surface area (TPSA) is 75.7 Å². The second-order valence-corrected chi connectivity index (χ2v) is 9.12. The summed E-state index contributed by atoms with van der Waals surface area (Å²) in [5.41, 5.74) is 0.504. The highest BCUT2D eigenvalue weighted by Gasteiger charge is 2.34. The molecule has 9 heteroatoms. The Hall–Kier alpha value is -2.16. The van der Waals surface area contributed by atoms with Crippen molar-refractivity contribution in [3.8, 4) is 5.75 Å². The Morgan fingerprint density at radius 2 is 1.97 bits per heavy atom. The van der Waals surface area contributed by atoms with Crippen LogP contribution in [0.1, 0.15) is 25.7 Å². The predicted molar refractivity (Wildman–Crippen MR) is 109 cm³/mol. The molecule has 1 amide bonds. The van der Waals surface area contributed by atoms with E-state index < -0.39 is 21.9 Å². The van der Waals surface area contributed by atoms with Gasteiger partial charge in [-0.15, -0.1) is 0 Å². The summed E-state index contributed by atoms with van der Waals surface area (Å²) in [7, 11) is -2.31. The van der Waals surface area contributed by atoms with E-state index in [4.69, 9.17) is 16.3 Å². The summed E-state index contributed by atoms with van der Waals surface area (Å²) in [4.78, 5) is 12.6. The molecule has 1 saturated heterocycles. The lowest BCUT2D eigenvalue weighted by Gasteiger charge is -2.34. The SMILES string of the molecule is COc1ccc(NC(=O)C[C@@H]2CCCCN2S(=O)(=O)c2ccc(F)cc2)cc1Cl.